The second-order valence-corrected chi connectivity index (χ2v) is 5.08. The number of nitrogens with one attached hydrogen (secondary N) is 1. The second-order valence-electron chi connectivity index (χ2n) is 5.08. The van der Waals surface area contributed by atoms with Gasteiger partial charge in [-0.25, -0.2) is 0 Å². The lowest BCUT2D eigenvalue weighted by molar-refractivity contribution is -0.384. The van der Waals surface area contributed by atoms with Crippen LogP contribution >= 0.6 is 0 Å². The van der Waals surface area contributed by atoms with E-state index in [1.54, 1.807) is 0 Å². The number of nitro benzene ring substituents is 1. The maximum absolute atomic E-state index is 11.2. The molecule has 0 aliphatic rings. The summed E-state index contributed by atoms with van der Waals surface area (Å²) in [6.07, 6.45) is 2.38. The van der Waals surface area contributed by atoms with Crippen molar-refractivity contribution in [3.05, 3.63) is 64.1 Å². The van der Waals surface area contributed by atoms with Crippen LogP contribution in [0.15, 0.2) is 42.6 Å². The summed E-state index contributed by atoms with van der Waals surface area (Å²) in [5.74, 6) is 0.0362. The fourth-order valence-corrected chi connectivity index (χ4v) is 2.36. The Balaban J connectivity index is 1.74. The van der Waals surface area contributed by atoms with Gasteiger partial charge in [0.1, 0.15) is 11.5 Å². The van der Waals surface area contributed by atoms with Crippen molar-refractivity contribution in [2.45, 2.75) is 6.42 Å². The Morgan fingerprint density at radius 2 is 2.12 bits per heavy atom. The Morgan fingerprint density at radius 1 is 1.29 bits per heavy atom. The van der Waals surface area contributed by atoms with Crippen LogP contribution in [-0.4, -0.2) is 32.0 Å². The summed E-state index contributed by atoms with van der Waals surface area (Å²) in [7, 11) is 0. The third-order valence-corrected chi connectivity index (χ3v) is 3.53. The van der Waals surface area contributed by atoms with Crippen LogP contribution in [0.5, 0.6) is 0 Å². The molecular weight excluding hydrogens is 312 g/mol. The normalized spacial score (nSPS) is 10.7. The number of hydrogen-bond acceptors (Lipinski definition) is 6. The Labute approximate surface area is 136 Å². The van der Waals surface area contributed by atoms with Gasteiger partial charge >= 0.3 is 0 Å². The van der Waals surface area contributed by atoms with Crippen LogP contribution in [0.25, 0.3) is 5.65 Å². The van der Waals surface area contributed by atoms with E-state index in [1.165, 1.54) is 12.1 Å². The molecule has 0 atom stereocenters. The van der Waals surface area contributed by atoms with Crippen molar-refractivity contribution in [2.24, 2.45) is 5.73 Å². The number of pyridine rings is 1. The van der Waals surface area contributed by atoms with Gasteiger partial charge in [-0.1, -0.05) is 6.07 Å². The van der Waals surface area contributed by atoms with Crippen molar-refractivity contribution in [1.82, 2.24) is 14.6 Å². The lowest BCUT2D eigenvalue weighted by Crippen LogP contribution is -2.13. The number of amides is 1. The molecule has 9 nitrogen and oxygen atoms in total. The molecule has 3 rings (SSSR count). The number of nitrogens with two attached hydrogens (primary N) is 1. The van der Waals surface area contributed by atoms with Crippen LogP contribution in [0.3, 0.4) is 0 Å². The number of primary amides is 1. The molecule has 24 heavy (non-hydrogen) atoms. The first-order valence-electron chi connectivity index (χ1n) is 7.17. The van der Waals surface area contributed by atoms with Crippen LogP contribution in [0.2, 0.25) is 0 Å². The number of fused-ring (bicyclic) bond motifs is 1. The fourth-order valence-electron chi connectivity index (χ4n) is 2.36. The molecule has 0 aliphatic carbocycles. The molecule has 0 fully saturated rings. The van der Waals surface area contributed by atoms with Gasteiger partial charge in [0.25, 0.3) is 5.69 Å². The Kier molecular flexibility index (Phi) is 4.06. The number of aromatic nitrogens is 3. The van der Waals surface area contributed by atoms with Crippen molar-refractivity contribution in [3.63, 3.8) is 0 Å². The summed E-state index contributed by atoms with van der Waals surface area (Å²) in [6.45, 7) is 0.423. The predicted molar refractivity (Wildman–Crippen MR) is 86.8 cm³/mol. The molecule has 0 saturated heterocycles. The van der Waals surface area contributed by atoms with E-state index in [0.29, 0.717) is 18.7 Å². The Hall–Kier alpha value is -3.49. The standard InChI is InChI=1S/C15H14N6O3/c16-15(22)10-4-5-11(12(9-10)21(23)24)17-7-6-14-19-18-13-3-1-2-8-20(13)14/h1-5,8-9,17H,6-7H2,(H2,16,22). The van der Waals surface area contributed by atoms with E-state index in [-0.39, 0.29) is 11.3 Å². The molecule has 0 saturated carbocycles. The number of nitro groups is 1. The van der Waals surface area contributed by atoms with Crippen LogP contribution in [-0.2, 0) is 6.42 Å². The minimum absolute atomic E-state index is 0.0932. The first kappa shape index (κ1) is 15.4. The molecule has 122 valence electrons. The third kappa shape index (κ3) is 3.00. The second kappa shape index (κ2) is 6.32. The summed E-state index contributed by atoms with van der Waals surface area (Å²) in [4.78, 5) is 21.7. The molecule has 0 spiro atoms. The first-order valence-corrected chi connectivity index (χ1v) is 7.17. The van der Waals surface area contributed by atoms with Crippen LogP contribution in [0.4, 0.5) is 11.4 Å². The lowest BCUT2D eigenvalue weighted by atomic mass is 10.1. The number of hydrogen-bond donors (Lipinski definition) is 2. The predicted octanol–water partition coefficient (Wildman–Crippen LogP) is 1.39. The average molecular weight is 326 g/mol. The SMILES string of the molecule is NC(=O)c1ccc(NCCc2nnc3ccccn23)c([N+](=O)[O-])c1. The van der Waals surface area contributed by atoms with Gasteiger partial charge in [0, 0.05) is 30.8 Å². The highest BCUT2D eigenvalue weighted by Gasteiger charge is 2.16. The first-order chi connectivity index (χ1) is 11.6. The van der Waals surface area contributed by atoms with Crippen molar-refractivity contribution in [3.8, 4) is 0 Å². The minimum Gasteiger partial charge on any atom is -0.379 e. The number of carbonyl (C=O) groups excluding carboxylic acids is 1. The molecule has 0 radical (unpaired) electrons. The molecule has 2 heterocycles. The van der Waals surface area contributed by atoms with Crippen molar-refractivity contribution < 1.29 is 9.72 Å². The van der Waals surface area contributed by atoms with Crippen LogP contribution in [0.1, 0.15) is 16.2 Å². The van der Waals surface area contributed by atoms with E-state index in [2.05, 4.69) is 15.5 Å². The van der Waals surface area contributed by atoms with Gasteiger partial charge in [-0.2, -0.15) is 0 Å². The zero-order valence-corrected chi connectivity index (χ0v) is 12.5. The van der Waals surface area contributed by atoms with Crippen LogP contribution < -0.4 is 11.1 Å². The van der Waals surface area contributed by atoms with Crippen molar-refractivity contribution in [2.75, 3.05) is 11.9 Å². The van der Waals surface area contributed by atoms with E-state index >= 15 is 0 Å². The summed E-state index contributed by atoms with van der Waals surface area (Å²) in [5.41, 5.74) is 6.10. The molecule has 9 heteroatoms. The molecule has 3 aromatic rings. The number of rotatable bonds is 6. The summed E-state index contributed by atoms with van der Waals surface area (Å²) < 4.78 is 1.85. The number of carbonyl (C=O) groups is 1. The molecule has 1 amide bonds. The van der Waals surface area contributed by atoms with Gasteiger partial charge in [0.05, 0.1) is 4.92 Å². The average Bonchev–Trinajstić information content (AvgIpc) is 2.98. The van der Waals surface area contributed by atoms with E-state index in [9.17, 15) is 14.9 Å². The third-order valence-electron chi connectivity index (χ3n) is 3.53. The lowest BCUT2D eigenvalue weighted by Gasteiger charge is -2.07. The maximum atomic E-state index is 11.2. The number of anilines is 1. The highest BCUT2D eigenvalue weighted by molar-refractivity contribution is 5.94. The monoisotopic (exact) mass is 326 g/mol. The fraction of sp³-hybridized carbons (Fsp3) is 0.133. The van der Waals surface area contributed by atoms with E-state index in [1.807, 2.05) is 28.8 Å². The minimum atomic E-state index is -0.709. The largest absolute Gasteiger partial charge is 0.379 e. The van der Waals surface area contributed by atoms with Gasteiger partial charge in [0.2, 0.25) is 5.91 Å². The quantitative estimate of drug-likeness (QED) is 0.520. The molecule has 1 aromatic carbocycles. The number of benzene rings is 1. The van der Waals surface area contributed by atoms with E-state index in [0.717, 1.165) is 17.5 Å². The molecule has 3 N–H and O–H groups in total. The Morgan fingerprint density at radius 3 is 2.88 bits per heavy atom. The zero-order valence-electron chi connectivity index (χ0n) is 12.5. The highest BCUT2D eigenvalue weighted by Crippen LogP contribution is 2.25. The zero-order chi connectivity index (χ0) is 17.1. The van der Waals surface area contributed by atoms with E-state index in [4.69, 9.17) is 5.73 Å². The van der Waals surface area contributed by atoms with Crippen molar-refractivity contribution >= 4 is 22.9 Å². The van der Waals surface area contributed by atoms with Gasteiger partial charge in [-0.3, -0.25) is 19.3 Å². The molecule has 0 unspecified atom stereocenters. The van der Waals surface area contributed by atoms with E-state index < -0.39 is 10.8 Å². The molecule has 0 bridgehead atoms. The maximum Gasteiger partial charge on any atom is 0.293 e. The molecule has 0 aliphatic heterocycles. The van der Waals surface area contributed by atoms with Gasteiger partial charge in [-0.05, 0) is 24.3 Å². The molecule has 2 aromatic heterocycles. The highest BCUT2D eigenvalue weighted by atomic mass is 16.6. The van der Waals surface area contributed by atoms with Gasteiger partial charge in [-0.15, -0.1) is 10.2 Å². The van der Waals surface area contributed by atoms with Crippen molar-refractivity contribution in [1.29, 1.82) is 0 Å². The topological polar surface area (TPSA) is 128 Å². The van der Waals surface area contributed by atoms with Gasteiger partial charge < -0.3 is 11.1 Å². The smallest absolute Gasteiger partial charge is 0.293 e. The van der Waals surface area contributed by atoms with Gasteiger partial charge in [0.15, 0.2) is 5.65 Å². The van der Waals surface area contributed by atoms with Crippen LogP contribution in [0, 0.1) is 10.1 Å². The molecular formula is C15H14N6O3. The Bertz CT molecular complexity index is 920. The summed E-state index contributed by atoms with van der Waals surface area (Å²) in [5, 5.41) is 22.3. The summed E-state index contributed by atoms with van der Waals surface area (Å²) >= 11 is 0. The summed E-state index contributed by atoms with van der Waals surface area (Å²) in [6, 6.07) is 9.68. The number of nitrogens with zero attached hydrogens (tertiary/aromatic N) is 4.